The Bertz CT molecular complexity index is 353. The number of hydrogen-bond acceptors (Lipinski definition) is 1. The largest absolute Gasteiger partial charge is 0.0859 e. The second kappa shape index (κ2) is 3.50. The van der Waals surface area contributed by atoms with Gasteiger partial charge < -0.3 is 0 Å². The maximum atomic E-state index is 8.40. The average Bonchev–Trinajstić information content (AvgIpc) is 2.19. The lowest BCUT2D eigenvalue weighted by molar-refractivity contribution is 0.568. The summed E-state index contributed by atoms with van der Waals surface area (Å²) in [6.45, 7) is 0. The maximum absolute atomic E-state index is 8.40. The molecule has 1 aliphatic rings. The van der Waals surface area contributed by atoms with Crippen molar-refractivity contribution >= 4 is 0 Å². The minimum absolute atomic E-state index is 0.0648. The summed E-state index contributed by atoms with van der Waals surface area (Å²) in [6, 6.07) is 8.29. The van der Waals surface area contributed by atoms with Crippen LogP contribution in [0, 0.1) is 0 Å². The lowest BCUT2D eigenvalue weighted by atomic mass is 9.88. The minimum Gasteiger partial charge on any atom is -0.0859 e. The van der Waals surface area contributed by atoms with Crippen LogP contribution in [0.4, 0.5) is 0 Å². The van der Waals surface area contributed by atoms with Gasteiger partial charge in [-0.25, -0.2) is 0 Å². The average molecular weight is 173 g/mol. The van der Waals surface area contributed by atoms with Gasteiger partial charge in [-0.1, -0.05) is 29.4 Å². The van der Waals surface area contributed by atoms with Gasteiger partial charge in [0, 0.05) is 4.91 Å². The number of rotatable bonds is 1. The van der Waals surface area contributed by atoms with Crippen molar-refractivity contribution in [2.24, 2.45) is 5.11 Å². The standard InChI is InChI=1S/C10H11N3/c11-13-12-10-7-3-5-8-4-1-2-6-9(8)10/h1-2,4,6,10H,3,5,7H2. The first-order valence-electron chi connectivity index (χ1n) is 4.54. The fourth-order valence-corrected chi connectivity index (χ4v) is 1.91. The normalized spacial score (nSPS) is 20.2. The van der Waals surface area contributed by atoms with Gasteiger partial charge >= 0.3 is 0 Å². The molecule has 3 heteroatoms. The monoisotopic (exact) mass is 173 g/mol. The van der Waals surface area contributed by atoms with E-state index in [4.69, 9.17) is 5.53 Å². The SMILES string of the molecule is [N-]=[N+]=NC1CCCc2ccccc21. The van der Waals surface area contributed by atoms with Crippen molar-refractivity contribution in [3.05, 3.63) is 45.8 Å². The second-order valence-electron chi connectivity index (χ2n) is 3.31. The van der Waals surface area contributed by atoms with Gasteiger partial charge in [0.1, 0.15) is 0 Å². The molecule has 0 fully saturated rings. The van der Waals surface area contributed by atoms with Crippen molar-refractivity contribution in [2.75, 3.05) is 0 Å². The second-order valence-corrected chi connectivity index (χ2v) is 3.31. The van der Waals surface area contributed by atoms with Crippen LogP contribution in [0.5, 0.6) is 0 Å². The molecule has 1 aromatic rings. The van der Waals surface area contributed by atoms with E-state index in [1.54, 1.807) is 0 Å². The minimum atomic E-state index is 0.0648. The van der Waals surface area contributed by atoms with Crippen molar-refractivity contribution in [1.82, 2.24) is 0 Å². The molecule has 0 saturated carbocycles. The van der Waals surface area contributed by atoms with Crippen LogP contribution in [0.1, 0.15) is 30.0 Å². The van der Waals surface area contributed by atoms with Crippen LogP contribution >= 0.6 is 0 Å². The Morgan fingerprint density at radius 1 is 1.38 bits per heavy atom. The molecule has 13 heavy (non-hydrogen) atoms. The van der Waals surface area contributed by atoms with Crippen molar-refractivity contribution in [1.29, 1.82) is 0 Å². The first kappa shape index (κ1) is 8.14. The third kappa shape index (κ3) is 1.51. The molecule has 1 atom stereocenters. The summed E-state index contributed by atoms with van der Waals surface area (Å²) in [5.74, 6) is 0. The van der Waals surface area contributed by atoms with Gasteiger partial charge in [0.15, 0.2) is 0 Å². The Balaban J connectivity index is 2.42. The van der Waals surface area contributed by atoms with E-state index in [1.807, 2.05) is 12.1 Å². The Morgan fingerprint density at radius 2 is 2.23 bits per heavy atom. The van der Waals surface area contributed by atoms with Gasteiger partial charge in [0.05, 0.1) is 6.04 Å². The predicted octanol–water partition coefficient (Wildman–Crippen LogP) is 3.37. The molecule has 1 aliphatic carbocycles. The lowest BCUT2D eigenvalue weighted by Crippen LogP contribution is -2.06. The van der Waals surface area contributed by atoms with E-state index in [0.29, 0.717) is 0 Å². The van der Waals surface area contributed by atoms with Gasteiger partial charge in [-0.2, -0.15) is 0 Å². The summed E-state index contributed by atoms with van der Waals surface area (Å²) in [5.41, 5.74) is 11.0. The van der Waals surface area contributed by atoms with E-state index >= 15 is 0 Å². The molecule has 0 aromatic heterocycles. The van der Waals surface area contributed by atoms with Crippen LogP contribution < -0.4 is 0 Å². The highest BCUT2D eigenvalue weighted by molar-refractivity contribution is 5.32. The van der Waals surface area contributed by atoms with E-state index in [9.17, 15) is 0 Å². The van der Waals surface area contributed by atoms with Gasteiger partial charge in [-0.15, -0.1) is 0 Å². The third-order valence-corrected chi connectivity index (χ3v) is 2.53. The smallest absolute Gasteiger partial charge is 0.0628 e. The van der Waals surface area contributed by atoms with Gasteiger partial charge in [0.2, 0.25) is 0 Å². The predicted molar refractivity (Wildman–Crippen MR) is 51.3 cm³/mol. The maximum Gasteiger partial charge on any atom is 0.0628 e. The van der Waals surface area contributed by atoms with E-state index in [-0.39, 0.29) is 6.04 Å². The Labute approximate surface area is 77.0 Å². The van der Waals surface area contributed by atoms with Crippen LogP contribution in [-0.4, -0.2) is 0 Å². The summed E-state index contributed by atoms with van der Waals surface area (Å²) in [5, 5.41) is 3.81. The molecule has 1 aromatic carbocycles. The molecule has 2 rings (SSSR count). The van der Waals surface area contributed by atoms with E-state index in [2.05, 4.69) is 22.2 Å². The van der Waals surface area contributed by atoms with Crippen molar-refractivity contribution < 1.29 is 0 Å². The Kier molecular flexibility index (Phi) is 2.19. The van der Waals surface area contributed by atoms with Crippen molar-refractivity contribution in [2.45, 2.75) is 25.3 Å². The van der Waals surface area contributed by atoms with Crippen molar-refractivity contribution in [3.63, 3.8) is 0 Å². The van der Waals surface area contributed by atoms with Crippen LogP contribution in [-0.2, 0) is 6.42 Å². The summed E-state index contributed by atoms with van der Waals surface area (Å²) in [6.07, 6.45) is 3.23. The fourth-order valence-electron chi connectivity index (χ4n) is 1.91. The molecule has 66 valence electrons. The molecular weight excluding hydrogens is 162 g/mol. The van der Waals surface area contributed by atoms with Crippen LogP contribution in [0.2, 0.25) is 0 Å². The third-order valence-electron chi connectivity index (χ3n) is 2.53. The van der Waals surface area contributed by atoms with Crippen LogP contribution in [0.15, 0.2) is 29.4 Å². The zero-order chi connectivity index (χ0) is 9.10. The summed E-state index contributed by atoms with van der Waals surface area (Å²) in [4.78, 5) is 2.88. The molecule has 0 heterocycles. The molecule has 0 amide bonds. The van der Waals surface area contributed by atoms with Crippen LogP contribution in [0.3, 0.4) is 0 Å². The fraction of sp³-hybridized carbons (Fsp3) is 0.400. The summed E-state index contributed by atoms with van der Waals surface area (Å²) in [7, 11) is 0. The quantitative estimate of drug-likeness (QED) is 0.355. The first-order valence-corrected chi connectivity index (χ1v) is 4.54. The lowest BCUT2D eigenvalue weighted by Gasteiger charge is -2.21. The van der Waals surface area contributed by atoms with E-state index in [0.717, 1.165) is 19.3 Å². The number of nitrogens with zero attached hydrogens (tertiary/aromatic N) is 3. The van der Waals surface area contributed by atoms with Crippen molar-refractivity contribution in [3.8, 4) is 0 Å². The highest BCUT2D eigenvalue weighted by Gasteiger charge is 2.17. The number of aryl methyl sites for hydroxylation is 1. The highest BCUT2D eigenvalue weighted by atomic mass is 15.1. The molecule has 0 radical (unpaired) electrons. The molecule has 0 saturated heterocycles. The number of hydrogen-bond donors (Lipinski definition) is 0. The topological polar surface area (TPSA) is 48.8 Å². The highest BCUT2D eigenvalue weighted by Crippen LogP contribution is 2.32. The number of fused-ring (bicyclic) bond motifs is 1. The Hall–Kier alpha value is -1.47. The molecule has 3 nitrogen and oxygen atoms in total. The molecule has 0 N–H and O–H groups in total. The van der Waals surface area contributed by atoms with Gasteiger partial charge in [0.25, 0.3) is 0 Å². The zero-order valence-electron chi connectivity index (χ0n) is 7.35. The molecule has 0 bridgehead atoms. The summed E-state index contributed by atoms with van der Waals surface area (Å²) < 4.78 is 0. The molecule has 1 unspecified atom stereocenters. The van der Waals surface area contributed by atoms with E-state index in [1.165, 1.54) is 11.1 Å². The first-order chi connectivity index (χ1) is 6.42. The zero-order valence-corrected chi connectivity index (χ0v) is 7.35. The molecule has 0 spiro atoms. The molecule has 0 aliphatic heterocycles. The van der Waals surface area contributed by atoms with Gasteiger partial charge in [-0.3, -0.25) is 0 Å². The number of benzene rings is 1. The number of azide groups is 1. The summed E-state index contributed by atoms with van der Waals surface area (Å²) >= 11 is 0. The van der Waals surface area contributed by atoms with E-state index < -0.39 is 0 Å². The van der Waals surface area contributed by atoms with Crippen LogP contribution in [0.25, 0.3) is 10.4 Å². The molecular formula is C10H11N3. The Morgan fingerprint density at radius 3 is 3.08 bits per heavy atom. The van der Waals surface area contributed by atoms with Gasteiger partial charge in [-0.05, 0) is 35.9 Å².